The van der Waals surface area contributed by atoms with Crippen molar-refractivity contribution in [3.63, 3.8) is 0 Å². The average Bonchev–Trinajstić information content (AvgIpc) is 2.96. The van der Waals surface area contributed by atoms with Crippen LogP contribution in [0.1, 0.15) is 47.2 Å². The van der Waals surface area contributed by atoms with Gasteiger partial charge in [-0.05, 0) is 44.1 Å². The van der Waals surface area contributed by atoms with Gasteiger partial charge in [-0.2, -0.15) is 4.98 Å². The minimum atomic E-state index is 0.328. The largest absolute Gasteiger partial charge is 0.339 e. The van der Waals surface area contributed by atoms with Crippen LogP contribution in [-0.4, -0.2) is 16.2 Å². The molecule has 0 amide bonds. The van der Waals surface area contributed by atoms with Crippen LogP contribution in [0.2, 0.25) is 0 Å². The number of hydrogen-bond acceptors (Lipinski definition) is 4. The van der Waals surface area contributed by atoms with Crippen molar-refractivity contribution >= 4 is 0 Å². The smallest absolute Gasteiger partial charge is 0.230 e. The van der Waals surface area contributed by atoms with Crippen LogP contribution in [0.3, 0.4) is 0 Å². The number of fused-ring (bicyclic) bond motifs is 1. The van der Waals surface area contributed by atoms with Gasteiger partial charge in [-0.3, -0.25) is 0 Å². The van der Waals surface area contributed by atoms with E-state index in [4.69, 9.17) is 10.3 Å². The van der Waals surface area contributed by atoms with Crippen molar-refractivity contribution in [3.05, 3.63) is 46.6 Å². The molecule has 2 aliphatic carbocycles. The highest BCUT2D eigenvalue weighted by atomic mass is 16.5. The molecule has 0 spiro atoms. The molecule has 2 fully saturated rings. The van der Waals surface area contributed by atoms with E-state index in [9.17, 15) is 0 Å². The van der Waals surface area contributed by atoms with Crippen LogP contribution >= 0.6 is 0 Å². The molecular weight excluding hydrogens is 262 g/mol. The van der Waals surface area contributed by atoms with Gasteiger partial charge in [0.2, 0.25) is 5.89 Å². The Kier molecular flexibility index (Phi) is 2.89. The minimum Gasteiger partial charge on any atom is -0.339 e. The molecule has 1 aromatic carbocycles. The molecule has 0 unspecified atom stereocenters. The number of nitrogens with two attached hydrogens (primary N) is 1. The number of nitrogens with zero attached hydrogens (tertiary/aromatic N) is 2. The SMILES string of the molecule is Cc1cc(C)cc(Cc2noc([C@@H]3C[C@H](N)[C@H]4C[C@H]43)n2)c1. The van der Waals surface area contributed by atoms with E-state index < -0.39 is 0 Å². The van der Waals surface area contributed by atoms with Crippen LogP contribution in [0, 0.1) is 25.7 Å². The maximum Gasteiger partial charge on any atom is 0.230 e. The van der Waals surface area contributed by atoms with Crippen molar-refractivity contribution in [3.8, 4) is 0 Å². The van der Waals surface area contributed by atoms with Crippen molar-refractivity contribution in [2.45, 2.75) is 45.1 Å². The first-order valence-electron chi connectivity index (χ1n) is 7.75. The Hall–Kier alpha value is -1.68. The Balaban J connectivity index is 1.52. The molecule has 0 radical (unpaired) electrons. The maximum absolute atomic E-state index is 6.12. The molecule has 4 heteroatoms. The van der Waals surface area contributed by atoms with Crippen LogP contribution in [0.5, 0.6) is 0 Å². The fourth-order valence-corrected chi connectivity index (χ4v) is 3.96. The predicted molar refractivity (Wildman–Crippen MR) is 80.0 cm³/mol. The van der Waals surface area contributed by atoms with E-state index in [0.29, 0.717) is 23.8 Å². The molecule has 2 N–H and O–H groups in total. The summed E-state index contributed by atoms with van der Waals surface area (Å²) in [7, 11) is 0. The van der Waals surface area contributed by atoms with Crippen LogP contribution in [0.25, 0.3) is 0 Å². The molecular formula is C17H21N3O. The lowest BCUT2D eigenvalue weighted by atomic mass is 10.0. The molecule has 4 atom stereocenters. The van der Waals surface area contributed by atoms with E-state index in [1.165, 1.54) is 23.1 Å². The van der Waals surface area contributed by atoms with E-state index in [-0.39, 0.29) is 0 Å². The summed E-state index contributed by atoms with van der Waals surface area (Å²) in [6.07, 6.45) is 2.97. The highest BCUT2D eigenvalue weighted by Gasteiger charge is 2.55. The first kappa shape index (κ1) is 13.0. The summed E-state index contributed by atoms with van der Waals surface area (Å²) < 4.78 is 5.51. The predicted octanol–water partition coefficient (Wildman–Crippen LogP) is 2.73. The zero-order valence-electron chi connectivity index (χ0n) is 12.5. The third-order valence-corrected chi connectivity index (χ3v) is 4.93. The lowest BCUT2D eigenvalue weighted by Gasteiger charge is -2.07. The number of aryl methyl sites for hydroxylation is 2. The van der Waals surface area contributed by atoms with Crippen molar-refractivity contribution in [1.82, 2.24) is 10.1 Å². The van der Waals surface area contributed by atoms with Gasteiger partial charge in [0.05, 0.1) is 0 Å². The third kappa shape index (κ3) is 2.38. The fraction of sp³-hybridized carbons (Fsp3) is 0.529. The Morgan fingerprint density at radius 2 is 1.90 bits per heavy atom. The Bertz CT molecular complexity index is 658. The van der Waals surface area contributed by atoms with E-state index in [1.54, 1.807) is 0 Å². The molecule has 0 saturated heterocycles. The highest BCUT2D eigenvalue weighted by molar-refractivity contribution is 5.30. The van der Waals surface area contributed by atoms with Crippen LogP contribution in [0.15, 0.2) is 22.7 Å². The zero-order chi connectivity index (χ0) is 14.6. The zero-order valence-corrected chi connectivity index (χ0v) is 12.5. The molecule has 2 saturated carbocycles. The Morgan fingerprint density at radius 1 is 1.14 bits per heavy atom. The number of aromatic nitrogens is 2. The Morgan fingerprint density at radius 3 is 2.52 bits per heavy atom. The van der Waals surface area contributed by atoms with Gasteiger partial charge in [0.1, 0.15) is 0 Å². The van der Waals surface area contributed by atoms with E-state index >= 15 is 0 Å². The van der Waals surface area contributed by atoms with Gasteiger partial charge in [0.25, 0.3) is 0 Å². The maximum atomic E-state index is 6.12. The summed E-state index contributed by atoms with van der Waals surface area (Å²) >= 11 is 0. The van der Waals surface area contributed by atoms with Gasteiger partial charge in [0, 0.05) is 18.4 Å². The first-order chi connectivity index (χ1) is 10.1. The standard InChI is InChI=1S/C17H21N3O/c1-9-3-10(2)5-11(4-9)6-16-19-17(21-20-16)14-8-15(18)13-7-12(13)14/h3-5,12-15H,6-8,18H2,1-2H3/t12-,13+,14-,15+/m1/s1. The molecule has 0 aliphatic heterocycles. The van der Waals surface area contributed by atoms with Crippen molar-refractivity contribution < 1.29 is 4.52 Å². The van der Waals surface area contributed by atoms with Crippen molar-refractivity contribution in [1.29, 1.82) is 0 Å². The second-order valence-electron chi connectivity index (χ2n) is 6.79. The molecule has 4 rings (SSSR count). The van der Waals surface area contributed by atoms with Crippen molar-refractivity contribution in [2.24, 2.45) is 17.6 Å². The van der Waals surface area contributed by atoms with Crippen molar-refractivity contribution in [2.75, 3.05) is 0 Å². The Labute approximate surface area is 124 Å². The minimum absolute atomic E-state index is 0.328. The molecule has 4 nitrogen and oxygen atoms in total. The van der Waals surface area contributed by atoms with Gasteiger partial charge in [-0.25, -0.2) is 0 Å². The molecule has 0 bridgehead atoms. The molecule has 1 heterocycles. The van der Waals surface area contributed by atoms with E-state index in [2.05, 4.69) is 42.2 Å². The lowest BCUT2D eigenvalue weighted by Crippen LogP contribution is -2.19. The van der Waals surface area contributed by atoms with Gasteiger partial charge in [-0.1, -0.05) is 34.5 Å². The number of benzene rings is 1. The van der Waals surface area contributed by atoms with Gasteiger partial charge in [0.15, 0.2) is 5.82 Å². The monoisotopic (exact) mass is 283 g/mol. The van der Waals surface area contributed by atoms with Gasteiger partial charge < -0.3 is 10.3 Å². The second-order valence-corrected chi connectivity index (χ2v) is 6.79. The highest BCUT2D eigenvalue weighted by Crippen LogP contribution is 2.58. The fourth-order valence-electron chi connectivity index (χ4n) is 3.96. The summed E-state index contributed by atoms with van der Waals surface area (Å²) in [4.78, 5) is 4.63. The van der Waals surface area contributed by atoms with Gasteiger partial charge >= 0.3 is 0 Å². The molecule has 1 aromatic heterocycles. The summed E-state index contributed by atoms with van der Waals surface area (Å²) in [5.41, 5.74) is 9.91. The summed E-state index contributed by atoms with van der Waals surface area (Å²) in [5, 5.41) is 4.17. The first-order valence-corrected chi connectivity index (χ1v) is 7.75. The number of hydrogen-bond donors (Lipinski definition) is 1. The van der Waals surface area contributed by atoms with Crippen LogP contribution in [-0.2, 0) is 6.42 Å². The quantitative estimate of drug-likeness (QED) is 0.940. The molecule has 2 aliphatic rings. The lowest BCUT2D eigenvalue weighted by molar-refractivity contribution is 0.338. The topological polar surface area (TPSA) is 64.9 Å². The molecule has 21 heavy (non-hydrogen) atoms. The van der Waals surface area contributed by atoms with Crippen LogP contribution in [0.4, 0.5) is 0 Å². The third-order valence-electron chi connectivity index (χ3n) is 4.93. The summed E-state index contributed by atoms with van der Waals surface area (Å²) in [6.45, 7) is 4.23. The van der Waals surface area contributed by atoms with Gasteiger partial charge in [-0.15, -0.1) is 0 Å². The van der Waals surface area contributed by atoms with E-state index in [0.717, 1.165) is 24.6 Å². The number of rotatable bonds is 3. The second kappa shape index (κ2) is 4.67. The summed E-state index contributed by atoms with van der Waals surface area (Å²) in [5.74, 6) is 3.37. The summed E-state index contributed by atoms with van der Waals surface area (Å²) in [6, 6.07) is 6.88. The van der Waals surface area contributed by atoms with Crippen LogP contribution < -0.4 is 5.73 Å². The van der Waals surface area contributed by atoms with E-state index in [1.807, 2.05) is 0 Å². The normalized spacial score (nSPS) is 30.4. The average molecular weight is 283 g/mol. The molecule has 110 valence electrons. The molecule has 2 aromatic rings.